The van der Waals surface area contributed by atoms with E-state index in [4.69, 9.17) is 0 Å². The summed E-state index contributed by atoms with van der Waals surface area (Å²) in [6.07, 6.45) is 9.78. The first-order valence-electron chi connectivity index (χ1n) is 2.79. The molecule has 42 valence electrons. The molecule has 0 N–H and O–H groups in total. The topological polar surface area (TPSA) is 0 Å². The van der Waals surface area contributed by atoms with Crippen molar-refractivity contribution in [2.24, 2.45) is 0 Å². The van der Waals surface area contributed by atoms with Crippen LogP contribution in [0.3, 0.4) is 0 Å². The molecule has 0 atom stereocenters. The molecule has 0 aromatic rings. The first-order chi connectivity index (χ1) is 3.93. The monoisotopic (exact) mass is 124 g/mol. The summed E-state index contributed by atoms with van der Waals surface area (Å²) in [4.78, 5) is 0. The Morgan fingerprint density at radius 2 is 2.38 bits per heavy atom. The van der Waals surface area contributed by atoms with Crippen molar-refractivity contribution in [1.82, 2.24) is 0 Å². The summed E-state index contributed by atoms with van der Waals surface area (Å²) in [6, 6.07) is 0. The van der Waals surface area contributed by atoms with E-state index in [-0.39, 0.29) is 0 Å². The van der Waals surface area contributed by atoms with Crippen molar-refractivity contribution < 1.29 is 0 Å². The van der Waals surface area contributed by atoms with Crippen LogP contribution >= 0.6 is 11.6 Å². The molecule has 0 saturated carbocycles. The summed E-state index contributed by atoms with van der Waals surface area (Å²) in [6.45, 7) is 0. The van der Waals surface area contributed by atoms with Crippen LogP contribution in [0.4, 0.5) is 0 Å². The van der Waals surface area contributed by atoms with Crippen molar-refractivity contribution in [2.45, 2.75) is 6.32 Å². The third-order valence-corrected chi connectivity index (χ3v) is 2.20. The van der Waals surface area contributed by atoms with Gasteiger partial charge in [-0.3, -0.25) is 0 Å². The van der Waals surface area contributed by atoms with Gasteiger partial charge in [-0.05, 0) is 12.6 Å². The molecule has 0 fully saturated rings. The molecule has 0 nitrogen and oxygen atoms in total. The highest BCUT2D eigenvalue weighted by Crippen LogP contribution is 2.12. The molecule has 0 amide bonds. The van der Waals surface area contributed by atoms with E-state index in [1.165, 1.54) is 6.32 Å². The molecule has 1 rings (SSSR count). The Hall–Kier alpha value is -0.105. The normalized spacial score (nSPS) is 17.4. The molecule has 1 aliphatic heterocycles. The first kappa shape index (κ1) is 6.02. The van der Waals surface area contributed by atoms with Gasteiger partial charge in [0.25, 0.3) is 0 Å². The molecule has 0 spiro atoms. The van der Waals surface area contributed by atoms with E-state index >= 15 is 0 Å². The maximum Gasteiger partial charge on any atom is 0.237 e. The lowest BCUT2D eigenvalue weighted by atomic mass is 9.70. The fourth-order valence-corrected chi connectivity index (χ4v) is 1.28. The number of allylic oxidation sites excluding steroid dienone is 3. The highest BCUT2D eigenvalue weighted by atomic mass is 32.2. The summed E-state index contributed by atoms with van der Waals surface area (Å²) in [5.74, 6) is 2.98. The Morgan fingerprint density at radius 3 is 2.75 bits per heavy atom. The molecule has 1 aliphatic rings. The second kappa shape index (κ2) is 3.03. The van der Waals surface area contributed by atoms with Crippen LogP contribution in [0.2, 0.25) is 6.32 Å². The lowest BCUT2D eigenvalue weighted by molar-refractivity contribution is 1.64. The standard InChI is InChI=1S/C6H9BS/c1-8-7-5-3-2-4-6-7/h2-5H,6H2,1H3. The minimum Gasteiger partial charge on any atom is -0.207 e. The van der Waals surface area contributed by atoms with Crippen LogP contribution in [0, 0.1) is 0 Å². The maximum absolute atomic E-state index is 2.24. The fourth-order valence-electron chi connectivity index (χ4n) is 0.733. The van der Waals surface area contributed by atoms with Gasteiger partial charge in [-0.2, -0.15) is 0 Å². The average molecular weight is 124 g/mol. The van der Waals surface area contributed by atoms with Crippen LogP contribution in [-0.4, -0.2) is 12.2 Å². The van der Waals surface area contributed by atoms with Gasteiger partial charge in [-0.15, -0.1) is 5.98 Å². The zero-order valence-electron chi connectivity index (χ0n) is 5.00. The van der Waals surface area contributed by atoms with Gasteiger partial charge in [-0.25, -0.2) is 11.6 Å². The van der Waals surface area contributed by atoms with E-state index < -0.39 is 0 Å². The molecule has 8 heavy (non-hydrogen) atoms. The predicted octanol–water partition coefficient (Wildman–Crippen LogP) is 2.01. The second-order valence-corrected chi connectivity index (χ2v) is 2.90. The lowest BCUT2D eigenvalue weighted by Gasteiger charge is -2.02. The largest absolute Gasteiger partial charge is 0.237 e. The van der Waals surface area contributed by atoms with Crippen LogP contribution in [0.25, 0.3) is 0 Å². The van der Waals surface area contributed by atoms with Crippen molar-refractivity contribution in [1.29, 1.82) is 0 Å². The average Bonchev–Trinajstić information content (AvgIpc) is 1.90. The highest BCUT2D eigenvalue weighted by Gasteiger charge is 2.05. The third kappa shape index (κ3) is 1.44. The quantitative estimate of drug-likeness (QED) is 0.481. The zero-order chi connectivity index (χ0) is 5.82. The summed E-state index contributed by atoms with van der Waals surface area (Å²) in [5.41, 5.74) is 0. The van der Waals surface area contributed by atoms with E-state index in [1.54, 1.807) is 0 Å². The van der Waals surface area contributed by atoms with Crippen molar-refractivity contribution in [3.63, 3.8) is 0 Å². The minimum absolute atomic E-state index is 0.736. The van der Waals surface area contributed by atoms with E-state index in [1.807, 2.05) is 11.6 Å². The van der Waals surface area contributed by atoms with Crippen LogP contribution in [0.1, 0.15) is 0 Å². The van der Waals surface area contributed by atoms with Crippen LogP contribution in [0.15, 0.2) is 24.2 Å². The fraction of sp³-hybridized carbons (Fsp3) is 0.333. The summed E-state index contributed by atoms with van der Waals surface area (Å²) < 4.78 is 0. The molecule has 0 unspecified atom stereocenters. The van der Waals surface area contributed by atoms with E-state index in [2.05, 4.69) is 30.5 Å². The third-order valence-electron chi connectivity index (χ3n) is 1.24. The molecular formula is C6H9BS. The first-order valence-corrected chi connectivity index (χ1v) is 4.08. The van der Waals surface area contributed by atoms with E-state index in [9.17, 15) is 0 Å². The van der Waals surface area contributed by atoms with Gasteiger partial charge in [0.05, 0.1) is 0 Å². The van der Waals surface area contributed by atoms with Gasteiger partial charge < -0.3 is 0 Å². The molecule has 0 bridgehead atoms. The zero-order valence-corrected chi connectivity index (χ0v) is 5.82. The number of hydrogen-bond donors (Lipinski definition) is 0. The highest BCUT2D eigenvalue weighted by molar-refractivity contribution is 8.25. The smallest absolute Gasteiger partial charge is 0.207 e. The van der Waals surface area contributed by atoms with Gasteiger partial charge in [0.2, 0.25) is 5.99 Å². The molecule has 0 aliphatic carbocycles. The SMILES string of the molecule is CSB1C=CC=CC1. The predicted molar refractivity (Wildman–Crippen MR) is 42.4 cm³/mol. The Labute approximate surface area is 55.0 Å². The molecule has 0 saturated heterocycles. The van der Waals surface area contributed by atoms with Crippen LogP contribution in [-0.2, 0) is 0 Å². The number of hydrogen-bond acceptors (Lipinski definition) is 1. The molecule has 0 aromatic heterocycles. The Balaban J connectivity index is 2.40. The van der Waals surface area contributed by atoms with Gasteiger partial charge in [0, 0.05) is 0 Å². The van der Waals surface area contributed by atoms with Gasteiger partial charge in [0.1, 0.15) is 0 Å². The molecule has 2 heteroatoms. The maximum atomic E-state index is 2.24. The Morgan fingerprint density at radius 1 is 1.50 bits per heavy atom. The van der Waals surface area contributed by atoms with Gasteiger partial charge in [0.15, 0.2) is 0 Å². The van der Waals surface area contributed by atoms with E-state index in [0.29, 0.717) is 0 Å². The number of rotatable bonds is 1. The van der Waals surface area contributed by atoms with Gasteiger partial charge in [-0.1, -0.05) is 18.2 Å². The van der Waals surface area contributed by atoms with Crippen molar-refractivity contribution in [3.05, 3.63) is 24.2 Å². The van der Waals surface area contributed by atoms with Crippen LogP contribution < -0.4 is 0 Å². The molecule has 0 radical (unpaired) electrons. The Bertz CT molecular complexity index is 118. The van der Waals surface area contributed by atoms with E-state index in [0.717, 1.165) is 5.99 Å². The van der Waals surface area contributed by atoms with Crippen LogP contribution in [0.5, 0.6) is 0 Å². The molecular weight excluding hydrogens is 115 g/mol. The van der Waals surface area contributed by atoms with Gasteiger partial charge >= 0.3 is 0 Å². The van der Waals surface area contributed by atoms with Crippen molar-refractivity contribution >= 4 is 17.6 Å². The van der Waals surface area contributed by atoms with Crippen molar-refractivity contribution in [3.8, 4) is 0 Å². The summed E-state index contributed by atoms with van der Waals surface area (Å²) in [7, 11) is 0. The van der Waals surface area contributed by atoms with Crippen molar-refractivity contribution in [2.75, 3.05) is 6.26 Å². The second-order valence-electron chi connectivity index (χ2n) is 1.82. The lowest BCUT2D eigenvalue weighted by Crippen LogP contribution is -2.02. The molecule has 1 heterocycles. The molecule has 0 aromatic carbocycles. The summed E-state index contributed by atoms with van der Waals surface area (Å²) >= 11 is 1.91. The Kier molecular flexibility index (Phi) is 2.28. The minimum atomic E-state index is 0.736. The summed E-state index contributed by atoms with van der Waals surface area (Å²) in [5, 5.41) is 0.